The maximum atomic E-state index is 13.6. The zero-order valence-electron chi connectivity index (χ0n) is 19.6. The van der Waals surface area contributed by atoms with Gasteiger partial charge in [0.2, 0.25) is 10.9 Å². The number of phenols is 3. The minimum atomic E-state index is -1.62. The maximum absolute atomic E-state index is 13.6. The average molecular weight is 516 g/mol. The van der Waals surface area contributed by atoms with Crippen LogP contribution in [0.15, 0.2) is 55.0 Å². The molecule has 4 N–H and O–H groups in total. The van der Waals surface area contributed by atoms with E-state index in [0.717, 1.165) is 44.4 Å². The lowest BCUT2D eigenvalue weighted by Gasteiger charge is -2.15. The van der Waals surface area contributed by atoms with Gasteiger partial charge < -0.3 is 29.3 Å². The molecule has 0 fully saturated rings. The monoisotopic (exact) mass is 516 g/mol. The molecule has 0 saturated heterocycles. The smallest absolute Gasteiger partial charge is 0.340 e. The van der Waals surface area contributed by atoms with Crippen LogP contribution in [0.3, 0.4) is 0 Å². The predicted molar refractivity (Wildman–Crippen MR) is 133 cm³/mol. The number of carbonyl (C=O) groups is 3. The first-order chi connectivity index (χ1) is 17.9. The zero-order valence-corrected chi connectivity index (χ0v) is 19.6. The van der Waals surface area contributed by atoms with Gasteiger partial charge in [0.05, 0.1) is 27.3 Å². The van der Waals surface area contributed by atoms with Gasteiger partial charge in [-0.2, -0.15) is 0 Å². The van der Waals surface area contributed by atoms with Crippen LogP contribution < -0.4 is 10.9 Å². The van der Waals surface area contributed by atoms with Crippen molar-refractivity contribution in [3.05, 3.63) is 73.7 Å². The van der Waals surface area contributed by atoms with Gasteiger partial charge in [-0.15, -0.1) is 0 Å². The van der Waals surface area contributed by atoms with Gasteiger partial charge in [-0.3, -0.25) is 19.2 Å². The van der Waals surface area contributed by atoms with Crippen LogP contribution in [-0.2, 0) is 0 Å². The van der Waals surface area contributed by atoms with Crippen LogP contribution in [0.25, 0.3) is 44.0 Å². The summed E-state index contributed by atoms with van der Waals surface area (Å²) >= 11 is 0. The normalized spacial score (nSPS) is 11.3. The van der Waals surface area contributed by atoms with Crippen molar-refractivity contribution in [1.29, 1.82) is 0 Å². The molecule has 0 aliphatic rings. The van der Waals surface area contributed by atoms with E-state index >= 15 is 0 Å². The van der Waals surface area contributed by atoms with Crippen LogP contribution >= 0.6 is 0 Å². The molecule has 3 aromatic carbocycles. The summed E-state index contributed by atoms with van der Waals surface area (Å²) in [6.45, 7) is 2.25. The molecule has 0 bridgehead atoms. The lowest BCUT2D eigenvalue weighted by Crippen LogP contribution is -2.16. The molecule has 5 aromatic rings. The lowest BCUT2D eigenvalue weighted by atomic mass is 9.88. The highest BCUT2D eigenvalue weighted by molar-refractivity contribution is 6.18. The number of aromatic hydroxyl groups is 3. The number of fused-ring (bicyclic) bond motifs is 3. The van der Waals surface area contributed by atoms with Gasteiger partial charge in [-0.1, -0.05) is 0 Å². The first kappa shape index (κ1) is 24.3. The molecule has 0 aliphatic heterocycles. The molecule has 38 heavy (non-hydrogen) atoms. The summed E-state index contributed by atoms with van der Waals surface area (Å²) in [6.07, 6.45) is 0.941. The first-order valence-corrected chi connectivity index (χ1v) is 10.9. The number of aromatic carboxylic acids is 1. The third-order valence-corrected chi connectivity index (χ3v) is 6.19. The minimum absolute atomic E-state index is 0.142. The molecule has 2 aromatic heterocycles. The number of hydrogen-bond donors (Lipinski definition) is 4. The van der Waals surface area contributed by atoms with Crippen molar-refractivity contribution in [2.24, 2.45) is 0 Å². The summed E-state index contributed by atoms with van der Waals surface area (Å²) < 4.78 is 11.3. The van der Waals surface area contributed by atoms with Crippen LogP contribution in [0.5, 0.6) is 17.2 Å². The van der Waals surface area contributed by atoms with Crippen LogP contribution in [-0.4, -0.2) is 38.0 Å². The third kappa shape index (κ3) is 3.40. The number of rotatable bonds is 4. The fourth-order valence-electron chi connectivity index (χ4n) is 4.50. The van der Waals surface area contributed by atoms with E-state index in [1.807, 2.05) is 0 Å². The molecule has 11 nitrogen and oxygen atoms in total. The van der Waals surface area contributed by atoms with E-state index in [1.165, 1.54) is 6.07 Å². The van der Waals surface area contributed by atoms with E-state index in [9.17, 15) is 44.4 Å². The second-order valence-electron chi connectivity index (χ2n) is 8.55. The van der Waals surface area contributed by atoms with Gasteiger partial charge in [0.25, 0.3) is 0 Å². The van der Waals surface area contributed by atoms with Crippen LogP contribution in [0.2, 0.25) is 0 Å². The van der Waals surface area contributed by atoms with E-state index in [4.69, 9.17) is 8.83 Å². The number of carboxylic acids is 1. The summed E-state index contributed by atoms with van der Waals surface area (Å²) in [5, 5.41) is 38.6. The standard InChI is InChI=1S/C27H16O11/c1-9(28)11-5-13-24(33)12-6-16(31)17(32)7-19(12)38-26(13)20(10(2)29)21(11)14-8-37-18-4-3-15(30)22(27(35)36)23(18)25(14)34/h3-8,30-32H,1-2H3,(H,35,36). The third-order valence-electron chi connectivity index (χ3n) is 6.19. The molecule has 2 heterocycles. The van der Waals surface area contributed by atoms with Gasteiger partial charge in [0.15, 0.2) is 23.1 Å². The highest BCUT2D eigenvalue weighted by Crippen LogP contribution is 2.37. The van der Waals surface area contributed by atoms with E-state index in [1.54, 1.807) is 0 Å². The molecule has 0 radical (unpaired) electrons. The summed E-state index contributed by atoms with van der Waals surface area (Å²) in [4.78, 5) is 64.5. The van der Waals surface area contributed by atoms with Gasteiger partial charge in [-0.25, -0.2) is 4.79 Å². The van der Waals surface area contributed by atoms with Gasteiger partial charge in [-0.05, 0) is 38.1 Å². The predicted octanol–water partition coefficient (Wildman–Crippen LogP) is 3.94. The quantitative estimate of drug-likeness (QED) is 0.154. The SMILES string of the molecule is CC(=O)c1cc2c(=O)c3cc(O)c(O)cc3oc2c(C(C)=O)c1-c1coc2ccc(O)c(C(=O)O)c2c1=O. The Morgan fingerprint density at radius 3 is 2.08 bits per heavy atom. The van der Waals surface area contributed by atoms with E-state index in [0.29, 0.717) is 0 Å². The number of hydrogen-bond acceptors (Lipinski definition) is 10. The summed E-state index contributed by atoms with van der Waals surface area (Å²) in [6, 6.07) is 5.30. The molecule has 0 saturated carbocycles. The number of carboxylic acid groups (broad SMARTS) is 1. The van der Waals surface area contributed by atoms with Crippen molar-refractivity contribution >= 4 is 50.4 Å². The Bertz CT molecular complexity index is 2030. The van der Waals surface area contributed by atoms with Crippen molar-refractivity contribution in [2.45, 2.75) is 13.8 Å². The van der Waals surface area contributed by atoms with Gasteiger partial charge in [0, 0.05) is 17.2 Å². The molecule has 0 spiro atoms. The second-order valence-corrected chi connectivity index (χ2v) is 8.55. The van der Waals surface area contributed by atoms with Crippen molar-refractivity contribution < 1.29 is 43.6 Å². The highest BCUT2D eigenvalue weighted by atomic mass is 16.4. The van der Waals surface area contributed by atoms with Crippen molar-refractivity contribution in [3.8, 4) is 28.4 Å². The van der Waals surface area contributed by atoms with E-state index in [-0.39, 0.29) is 49.8 Å². The molecular formula is C27H16O11. The molecule has 0 unspecified atom stereocenters. The Kier molecular flexibility index (Phi) is 5.30. The van der Waals surface area contributed by atoms with Crippen LogP contribution in [0.4, 0.5) is 0 Å². The topological polar surface area (TPSA) is 193 Å². The zero-order chi connectivity index (χ0) is 27.6. The van der Waals surface area contributed by atoms with E-state index < -0.39 is 56.6 Å². The van der Waals surface area contributed by atoms with Gasteiger partial charge in [0.1, 0.15) is 34.3 Å². The number of carbonyl (C=O) groups excluding carboxylic acids is 2. The van der Waals surface area contributed by atoms with E-state index in [2.05, 4.69) is 0 Å². The summed E-state index contributed by atoms with van der Waals surface area (Å²) in [5.74, 6) is -4.87. The van der Waals surface area contributed by atoms with Crippen LogP contribution in [0.1, 0.15) is 44.9 Å². The Labute approximate surface area is 210 Å². The Morgan fingerprint density at radius 1 is 0.763 bits per heavy atom. The highest BCUT2D eigenvalue weighted by Gasteiger charge is 2.28. The van der Waals surface area contributed by atoms with Crippen molar-refractivity contribution in [3.63, 3.8) is 0 Å². The molecular weight excluding hydrogens is 500 g/mol. The average Bonchev–Trinajstić information content (AvgIpc) is 2.84. The number of benzene rings is 3. The van der Waals surface area contributed by atoms with Crippen molar-refractivity contribution in [1.82, 2.24) is 0 Å². The van der Waals surface area contributed by atoms with Gasteiger partial charge >= 0.3 is 5.97 Å². The largest absolute Gasteiger partial charge is 0.507 e. The fourth-order valence-corrected chi connectivity index (χ4v) is 4.50. The molecule has 11 heteroatoms. The summed E-state index contributed by atoms with van der Waals surface area (Å²) in [7, 11) is 0. The number of ketones is 2. The first-order valence-electron chi connectivity index (χ1n) is 10.9. The Morgan fingerprint density at radius 2 is 1.45 bits per heavy atom. The van der Waals surface area contributed by atoms with Crippen LogP contribution in [0, 0.1) is 0 Å². The number of phenolic OH excluding ortho intramolecular Hbond substituents is 2. The molecule has 5 rings (SSSR count). The Hall–Kier alpha value is -5.45. The maximum Gasteiger partial charge on any atom is 0.340 e. The molecule has 0 aliphatic carbocycles. The Balaban J connectivity index is 2.04. The lowest BCUT2D eigenvalue weighted by molar-refractivity contribution is 0.0695. The number of Topliss-reactive ketones (excluding diaryl/α,β-unsaturated/α-hetero) is 2. The molecule has 0 amide bonds. The molecule has 0 atom stereocenters. The molecule has 190 valence electrons. The fraction of sp³-hybridized carbons (Fsp3) is 0.0741. The van der Waals surface area contributed by atoms with Crippen molar-refractivity contribution in [2.75, 3.05) is 0 Å². The summed E-state index contributed by atoms with van der Waals surface area (Å²) in [5.41, 5.74) is -4.33. The minimum Gasteiger partial charge on any atom is -0.507 e. The second kappa shape index (κ2) is 8.30.